The van der Waals surface area contributed by atoms with Crippen LogP contribution in [0.4, 0.5) is 5.69 Å². The smallest absolute Gasteiger partial charge is 0.0615 e. The molecule has 0 unspecified atom stereocenters. The maximum absolute atomic E-state index is 4.33. The van der Waals surface area contributed by atoms with Gasteiger partial charge in [-0.1, -0.05) is 18.2 Å². The molecule has 0 fully saturated rings. The van der Waals surface area contributed by atoms with Gasteiger partial charge in [0.05, 0.1) is 10.4 Å². The molecule has 55 valence electrons. The highest BCUT2D eigenvalue weighted by Crippen LogP contribution is 2.31. The summed E-state index contributed by atoms with van der Waals surface area (Å²) in [6.45, 7) is 4.37. The van der Waals surface area contributed by atoms with E-state index >= 15 is 0 Å². The minimum absolute atomic E-state index is 0.136. The van der Waals surface area contributed by atoms with Crippen LogP contribution < -0.4 is 4.99 Å². The van der Waals surface area contributed by atoms with Gasteiger partial charge in [0.15, 0.2) is 0 Å². The number of nitrogens with zero attached hydrogens (tertiary/aromatic N) is 1. The number of benzene rings is 1. The lowest BCUT2D eigenvalue weighted by Gasteiger charge is -2.08. The molecular formula is C10H11N+. The van der Waals surface area contributed by atoms with E-state index in [1.807, 2.05) is 12.3 Å². The van der Waals surface area contributed by atoms with E-state index in [0.717, 1.165) is 5.69 Å². The van der Waals surface area contributed by atoms with Crippen molar-refractivity contribution in [3.05, 3.63) is 29.8 Å². The third kappa shape index (κ3) is 0.881. The topological polar surface area (TPSA) is 14.1 Å². The van der Waals surface area contributed by atoms with Gasteiger partial charge in [-0.3, -0.25) is 0 Å². The summed E-state index contributed by atoms with van der Waals surface area (Å²) in [5, 5.41) is 0. The Morgan fingerprint density at radius 2 is 1.91 bits per heavy atom. The lowest BCUT2D eigenvalue weighted by Crippen LogP contribution is -2.14. The molecule has 0 aliphatic carbocycles. The number of para-hydroxylation sites is 1. The fourth-order valence-corrected chi connectivity index (χ4v) is 1.43. The SMILES string of the molecule is CC1(C)C=[N+]c2ccccc21. The second kappa shape index (κ2) is 1.94. The summed E-state index contributed by atoms with van der Waals surface area (Å²) in [5.41, 5.74) is 2.59. The van der Waals surface area contributed by atoms with Crippen molar-refractivity contribution in [2.24, 2.45) is 0 Å². The van der Waals surface area contributed by atoms with Crippen LogP contribution in [0.2, 0.25) is 0 Å². The van der Waals surface area contributed by atoms with Crippen molar-refractivity contribution in [3.8, 4) is 0 Å². The second-order valence-corrected chi connectivity index (χ2v) is 3.50. The van der Waals surface area contributed by atoms with Crippen molar-refractivity contribution >= 4 is 11.9 Å². The molecule has 0 saturated heterocycles. The van der Waals surface area contributed by atoms with Crippen LogP contribution in [-0.2, 0) is 5.41 Å². The molecule has 1 aliphatic heterocycles. The normalized spacial score (nSPS) is 18.4. The van der Waals surface area contributed by atoms with Crippen LogP contribution in [0.25, 0.3) is 0 Å². The molecule has 0 spiro atoms. The van der Waals surface area contributed by atoms with Crippen LogP contribution in [0.15, 0.2) is 24.3 Å². The number of hydrogen-bond acceptors (Lipinski definition) is 1. The van der Waals surface area contributed by atoms with Gasteiger partial charge in [-0.25, -0.2) is 0 Å². The third-order valence-electron chi connectivity index (χ3n) is 2.12. The Labute approximate surface area is 66.8 Å². The first-order chi connectivity index (χ1) is 5.20. The van der Waals surface area contributed by atoms with Crippen LogP contribution in [0.5, 0.6) is 0 Å². The Morgan fingerprint density at radius 1 is 1.18 bits per heavy atom. The molecule has 2 rings (SSSR count). The van der Waals surface area contributed by atoms with Crippen molar-refractivity contribution in [2.45, 2.75) is 19.3 Å². The summed E-state index contributed by atoms with van der Waals surface area (Å²) in [6, 6.07) is 8.29. The van der Waals surface area contributed by atoms with Crippen LogP contribution >= 0.6 is 0 Å². The molecule has 0 aromatic heterocycles. The molecular weight excluding hydrogens is 134 g/mol. The molecule has 0 atom stereocenters. The Bertz CT molecular complexity index is 310. The molecule has 0 saturated carbocycles. The van der Waals surface area contributed by atoms with Gasteiger partial charge < -0.3 is 0 Å². The van der Waals surface area contributed by atoms with Gasteiger partial charge in [0.1, 0.15) is 0 Å². The highest BCUT2D eigenvalue weighted by molar-refractivity contribution is 5.82. The summed E-state index contributed by atoms with van der Waals surface area (Å²) >= 11 is 0. The van der Waals surface area contributed by atoms with Crippen molar-refractivity contribution in [3.63, 3.8) is 0 Å². The van der Waals surface area contributed by atoms with E-state index in [9.17, 15) is 0 Å². The minimum atomic E-state index is 0.136. The van der Waals surface area contributed by atoms with Crippen molar-refractivity contribution in [1.82, 2.24) is 4.99 Å². The van der Waals surface area contributed by atoms with Gasteiger partial charge in [-0.2, -0.15) is 0 Å². The van der Waals surface area contributed by atoms with Gasteiger partial charge >= 0.3 is 0 Å². The van der Waals surface area contributed by atoms with Crippen molar-refractivity contribution < 1.29 is 0 Å². The number of rotatable bonds is 0. The monoisotopic (exact) mass is 145 g/mol. The lowest BCUT2D eigenvalue weighted by atomic mass is 9.87. The molecule has 11 heavy (non-hydrogen) atoms. The highest BCUT2D eigenvalue weighted by Gasteiger charge is 2.35. The Hall–Kier alpha value is -1.11. The van der Waals surface area contributed by atoms with E-state index in [4.69, 9.17) is 0 Å². The molecule has 0 N–H and O–H groups in total. The first-order valence-electron chi connectivity index (χ1n) is 3.85. The summed E-state index contributed by atoms with van der Waals surface area (Å²) < 4.78 is 0. The second-order valence-electron chi connectivity index (χ2n) is 3.50. The minimum Gasteiger partial charge on any atom is -0.0615 e. The quantitative estimate of drug-likeness (QED) is 0.530. The van der Waals surface area contributed by atoms with Crippen LogP contribution in [0.1, 0.15) is 19.4 Å². The molecule has 1 radical (unpaired) electrons. The first-order valence-corrected chi connectivity index (χ1v) is 3.85. The molecule has 1 heteroatoms. The summed E-state index contributed by atoms with van der Waals surface area (Å²) in [6.07, 6.45) is 2.01. The fourth-order valence-electron chi connectivity index (χ4n) is 1.43. The maximum atomic E-state index is 4.33. The van der Waals surface area contributed by atoms with E-state index in [-0.39, 0.29) is 5.41 Å². The molecule has 0 bridgehead atoms. The largest absolute Gasteiger partial charge is 0.281 e. The molecule has 1 aliphatic rings. The Balaban J connectivity index is 2.64. The Morgan fingerprint density at radius 3 is 2.64 bits per heavy atom. The van der Waals surface area contributed by atoms with Gasteiger partial charge in [0.2, 0.25) is 6.21 Å². The highest BCUT2D eigenvalue weighted by atomic mass is 14.8. The standard InChI is InChI=1S/C10H11N/c1-10(2)7-11-9-6-4-3-5-8(9)10/h3-7H,1-2H3/q+1. The van der Waals surface area contributed by atoms with Crippen LogP contribution in [0.3, 0.4) is 0 Å². The van der Waals surface area contributed by atoms with Crippen LogP contribution in [0, 0.1) is 0 Å². The van der Waals surface area contributed by atoms with Gasteiger partial charge in [0.25, 0.3) is 5.69 Å². The zero-order valence-corrected chi connectivity index (χ0v) is 6.83. The summed E-state index contributed by atoms with van der Waals surface area (Å²) in [4.78, 5) is 4.33. The molecule has 1 aromatic rings. The van der Waals surface area contributed by atoms with Crippen LogP contribution in [-0.4, -0.2) is 6.21 Å². The number of aliphatic imine (C=N–C) groups is 1. The van der Waals surface area contributed by atoms with Crippen molar-refractivity contribution in [2.75, 3.05) is 0 Å². The molecule has 0 amide bonds. The van der Waals surface area contributed by atoms with E-state index in [1.165, 1.54) is 5.56 Å². The fraction of sp³-hybridized carbons (Fsp3) is 0.300. The summed E-state index contributed by atoms with van der Waals surface area (Å²) in [5.74, 6) is 0. The van der Waals surface area contributed by atoms with E-state index in [0.29, 0.717) is 0 Å². The van der Waals surface area contributed by atoms with Gasteiger partial charge in [0, 0.05) is 11.6 Å². The molecule has 1 heterocycles. The molecule has 1 nitrogen and oxygen atoms in total. The van der Waals surface area contributed by atoms with Crippen molar-refractivity contribution in [1.29, 1.82) is 0 Å². The van der Waals surface area contributed by atoms with E-state index in [2.05, 4.69) is 37.0 Å². The summed E-state index contributed by atoms with van der Waals surface area (Å²) in [7, 11) is 0. The van der Waals surface area contributed by atoms with Gasteiger partial charge in [-0.05, 0) is 13.8 Å². The van der Waals surface area contributed by atoms with Gasteiger partial charge in [-0.15, -0.1) is 0 Å². The predicted octanol–water partition coefficient (Wildman–Crippen LogP) is 2.02. The maximum Gasteiger partial charge on any atom is 0.281 e. The molecule has 1 aromatic carbocycles. The first kappa shape index (κ1) is 6.59. The number of hydrogen-bond donors (Lipinski definition) is 0. The Kier molecular flexibility index (Phi) is 1.16. The number of fused-ring (bicyclic) bond motifs is 1. The predicted molar refractivity (Wildman–Crippen MR) is 47.3 cm³/mol. The zero-order valence-electron chi connectivity index (χ0n) is 6.83. The average molecular weight is 145 g/mol. The van der Waals surface area contributed by atoms with E-state index in [1.54, 1.807) is 0 Å². The third-order valence-corrected chi connectivity index (χ3v) is 2.12. The lowest BCUT2D eigenvalue weighted by molar-refractivity contribution is 0.752. The average Bonchev–Trinajstić information content (AvgIpc) is 2.29. The zero-order chi connectivity index (χ0) is 7.90. The van der Waals surface area contributed by atoms with E-state index < -0.39 is 0 Å².